The van der Waals surface area contributed by atoms with Crippen LogP contribution in [-0.4, -0.2) is 9.97 Å². The lowest BCUT2D eigenvalue weighted by atomic mass is 10.3. The number of rotatable bonds is 3. The van der Waals surface area contributed by atoms with E-state index in [4.69, 9.17) is 0 Å². The average molecular weight is 331 g/mol. The number of aromatic amines is 1. The molecule has 2 rings (SSSR count). The van der Waals surface area contributed by atoms with Gasteiger partial charge in [-0.25, -0.2) is 9.37 Å². The van der Waals surface area contributed by atoms with Gasteiger partial charge in [0.1, 0.15) is 5.82 Å². The molecule has 0 aliphatic heterocycles. The molecule has 0 unspecified atom stereocenters. The molecule has 0 aliphatic rings. The largest absolute Gasteiger partial charge is 0.378 e. The van der Waals surface area contributed by atoms with E-state index in [1.807, 2.05) is 6.92 Å². The minimum absolute atomic E-state index is 0.217. The number of nitrogens with one attached hydrogen (secondary N) is 2. The molecule has 0 bridgehead atoms. The smallest absolute Gasteiger partial charge is 0.124 e. The summed E-state index contributed by atoms with van der Waals surface area (Å²) in [6.07, 6.45) is 1.67. The molecule has 2 N–H and O–H groups in total. The number of halogens is 2. The summed E-state index contributed by atoms with van der Waals surface area (Å²) in [5, 5.41) is 3.23. The van der Waals surface area contributed by atoms with Crippen molar-refractivity contribution >= 4 is 28.3 Å². The molecule has 1 aromatic carbocycles. The van der Waals surface area contributed by atoms with Crippen LogP contribution in [0.2, 0.25) is 0 Å². The van der Waals surface area contributed by atoms with Gasteiger partial charge in [0.25, 0.3) is 0 Å². The molecule has 84 valence electrons. The normalized spacial score (nSPS) is 10.4. The van der Waals surface area contributed by atoms with Crippen LogP contribution in [0.5, 0.6) is 0 Å². The first kappa shape index (κ1) is 11.4. The number of H-pyrrole nitrogens is 1. The average Bonchev–Trinajstić information content (AvgIpc) is 2.63. The van der Waals surface area contributed by atoms with E-state index in [2.05, 4.69) is 37.9 Å². The highest BCUT2D eigenvalue weighted by atomic mass is 127. The Labute approximate surface area is 107 Å². The summed E-state index contributed by atoms with van der Waals surface area (Å²) in [4.78, 5) is 7.20. The molecule has 0 aliphatic carbocycles. The first-order valence-corrected chi connectivity index (χ1v) is 5.92. The summed E-state index contributed by atoms with van der Waals surface area (Å²) in [7, 11) is 0. The van der Waals surface area contributed by atoms with Crippen LogP contribution >= 0.6 is 22.6 Å². The first-order chi connectivity index (χ1) is 7.66. The molecule has 16 heavy (non-hydrogen) atoms. The summed E-state index contributed by atoms with van der Waals surface area (Å²) < 4.78 is 13.7. The maximum atomic E-state index is 12.9. The van der Waals surface area contributed by atoms with E-state index in [-0.39, 0.29) is 5.82 Å². The van der Waals surface area contributed by atoms with Crippen molar-refractivity contribution in [1.82, 2.24) is 9.97 Å². The van der Waals surface area contributed by atoms with Gasteiger partial charge in [-0.2, -0.15) is 0 Å². The number of nitrogens with zero attached hydrogens (tertiary/aromatic N) is 1. The highest BCUT2D eigenvalue weighted by Gasteiger charge is 2.03. The molecule has 0 saturated carbocycles. The van der Waals surface area contributed by atoms with E-state index in [9.17, 15) is 4.39 Å². The van der Waals surface area contributed by atoms with Gasteiger partial charge in [-0.3, -0.25) is 0 Å². The van der Waals surface area contributed by atoms with Gasteiger partial charge in [-0.15, -0.1) is 0 Å². The SMILES string of the molecule is Cc1[nH]cnc1CNc1ccc(F)cc1I. The van der Waals surface area contributed by atoms with Crippen molar-refractivity contribution < 1.29 is 4.39 Å². The van der Waals surface area contributed by atoms with Gasteiger partial charge in [-0.05, 0) is 47.7 Å². The maximum absolute atomic E-state index is 12.9. The van der Waals surface area contributed by atoms with E-state index in [1.54, 1.807) is 12.4 Å². The summed E-state index contributed by atoms with van der Waals surface area (Å²) in [6.45, 7) is 2.61. The van der Waals surface area contributed by atoms with Gasteiger partial charge in [0, 0.05) is 15.0 Å². The van der Waals surface area contributed by atoms with E-state index in [0.29, 0.717) is 6.54 Å². The van der Waals surface area contributed by atoms with Crippen LogP contribution in [0.15, 0.2) is 24.5 Å². The van der Waals surface area contributed by atoms with Crippen molar-refractivity contribution in [2.75, 3.05) is 5.32 Å². The van der Waals surface area contributed by atoms with Crippen LogP contribution in [0.3, 0.4) is 0 Å². The molecule has 5 heteroatoms. The molecule has 0 spiro atoms. The Hall–Kier alpha value is -1.11. The predicted molar refractivity (Wildman–Crippen MR) is 69.8 cm³/mol. The summed E-state index contributed by atoms with van der Waals surface area (Å²) in [5.74, 6) is -0.217. The standard InChI is InChI=1S/C11H11FIN3/c1-7-11(16-6-15-7)5-14-10-3-2-8(12)4-9(10)13/h2-4,6,14H,5H2,1H3,(H,15,16). The second-order valence-corrected chi connectivity index (χ2v) is 4.61. The highest BCUT2D eigenvalue weighted by molar-refractivity contribution is 14.1. The fraction of sp³-hybridized carbons (Fsp3) is 0.182. The number of anilines is 1. The third-order valence-corrected chi connectivity index (χ3v) is 3.20. The Morgan fingerprint density at radius 2 is 2.31 bits per heavy atom. The van der Waals surface area contributed by atoms with Crippen molar-refractivity contribution in [1.29, 1.82) is 0 Å². The fourth-order valence-electron chi connectivity index (χ4n) is 1.38. The molecule has 0 saturated heterocycles. The zero-order chi connectivity index (χ0) is 11.5. The highest BCUT2D eigenvalue weighted by Crippen LogP contribution is 2.19. The second-order valence-electron chi connectivity index (χ2n) is 3.45. The van der Waals surface area contributed by atoms with Crippen molar-refractivity contribution in [3.05, 3.63) is 45.3 Å². The van der Waals surface area contributed by atoms with Crippen molar-refractivity contribution in [2.24, 2.45) is 0 Å². The third-order valence-electron chi connectivity index (χ3n) is 2.31. The third kappa shape index (κ3) is 2.52. The maximum Gasteiger partial charge on any atom is 0.124 e. The summed E-state index contributed by atoms with van der Waals surface area (Å²) in [6, 6.07) is 4.68. The molecular formula is C11H11FIN3. The van der Waals surface area contributed by atoms with Gasteiger partial charge in [0.2, 0.25) is 0 Å². The molecular weight excluding hydrogens is 320 g/mol. The lowest BCUT2D eigenvalue weighted by Gasteiger charge is -2.07. The Kier molecular flexibility index (Phi) is 3.42. The molecule has 1 heterocycles. The number of imidazole rings is 1. The zero-order valence-corrected chi connectivity index (χ0v) is 10.9. The quantitative estimate of drug-likeness (QED) is 0.849. The predicted octanol–water partition coefficient (Wildman–Crippen LogP) is 3.07. The number of benzene rings is 1. The Balaban J connectivity index is 2.08. The van der Waals surface area contributed by atoms with Crippen LogP contribution in [-0.2, 0) is 6.54 Å². The van der Waals surface area contributed by atoms with Crippen LogP contribution < -0.4 is 5.32 Å². The van der Waals surface area contributed by atoms with E-state index < -0.39 is 0 Å². The minimum Gasteiger partial charge on any atom is -0.378 e. The van der Waals surface area contributed by atoms with Gasteiger partial charge in [-0.1, -0.05) is 0 Å². The molecule has 0 atom stereocenters. The van der Waals surface area contributed by atoms with Gasteiger partial charge in [0.15, 0.2) is 0 Å². The lowest BCUT2D eigenvalue weighted by Crippen LogP contribution is -2.02. The molecule has 0 amide bonds. The number of hydrogen-bond donors (Lipinski definition) is 2. The van der Waals surface area contributed by atoms with Crippen molar-refractivity contribution in [3.63, 3.8) is 0 Å². The Morgan fingerprint density at radius 3 is 2.94 bits per heavy atom. The van der Waals surface area contributed by atoms with Gasteiger partial charge < -0.3 is 10.3 Å². The zero-order valence-electron chi connectivity index (χ0n) is 8.72. The monoisotopic (exact) mass is 331 g/mol. The van der Waals surface area contributed by atoms with E-state index in [1.165, 1.54) is 12.1 Å². The minimum atomic E-state index is -0.217. The van der Waals surface area contributed by atoms with Crippen LogP contribution in [0.25, 0.3) is 0 Å². The number of hydrogen-bond acceptors (Lipinski definition) is 2. The van der Waals surface area contributed by atoms with E-state index >= 15 is 0 Å². The number of aromatic nitrogens is 2. The number of aryl methyl sites for hydroxylation is 1. The molecule has 2 aromatic rings. The first-order valence-electron chi connectivity index (χ1n) is 4.84. The summed E-state index contributed by atoms with van der Waals surface area (Å²) >= 11 is 2.11. The fourth-order valence-corrected chi connectivity index (χ4v) is 2.05. The van der Waals surface area contributed by atoms with Crippen LogP contribution in [0.1, 0.15) is 11.4 Å². The van der Waals surface area contributed by atoms with Crippen molar-refractivity contribution in [3.8, 4) is 0 Å². The Bertz CT molecular complexity index is 496. The Morgan fingerprint density at radius 1 is 1.50 bits per heavy atom. The summed E-state index contributed by atoms with van der Waals surface area (Å²) in [5.41, 5.74) is 2.94. The molecule has 0 radical (unpaired) electrons. The van der Waals surface area contributed by atoms with Gasteiger partial charge >= 0.3 is 0 Å². The molecule has 0 fully saturated rings. The van der Waals surface area contributed by atoms with Crippen LogP contribution in [0.4, 0.5) is 10.1 Å². The second kappa shape index (κ2) is 4.82. The van der Waals surface area contributed by atoms with Crippen LogP contribution in [0, 0.1) is 16.3 Å². The lowest BCUT2D eigenvalue weighted by molar-refractivity contribution is 0.627. The van der Waals surface area contributed by atoms with E-state index in [0.717, 1.165) is 20.6 Å². The molecule has 3 nitrogen and oxygen atoms in total. The van der Waals surface area contributed by atoms with Gasteiger partial charge in [0.05, 0.1) is 18.6 Å². The molecule has 1 aromatic heterocycles. The topological polar surface area (TPSA) is 40.7 Å². The van der Waals surface area contributed by atoms with Crippen molar-refractivity contribution in [2.45, 2.75) is 13.5 Å².